The smallest absolute Gasteiger partial charge is 0.310 e. The Kier molecular flexibility index (Phi) is 4.77. The van der Waals surface area contributed by atoms with Gasteiger partial charge in [-0.1, -0.05) is 12.8 Å². The van der Waals surface area contributed by atoms with E-state index in [4.69, 9.17) is 9.84 Å². The molecule has 110 valence electrons. The molecule has 0 spiro atoms. The molecule has 2 heterocycles. The van der Waals surface area contributed by atoms with E-state index in [0.29, 0.717) is 13.1 Å². The number of nitrogens with one attached hydrogen (secondary N) is 1. The van der Waals surface area contributed by atoms with Crippen LogP contribution >= 0.6 is 0 Å². The number of hydrogen-bond acceptors (Lipinski definition) is 4. The van der Waals surface area contributed by atoms with Crippen molar-refractivity contribution in [3.63, 3.8) is 0 Å². The highest BCUT2D eigenvalue weighted by Crippen LogP contribution is 2.17. The molecule has 7 nitrogen and oxygen atoms in total. The highest BCUT2D eigenvalue weighted by molar-refractivity contribution is 7.87. The van der Waals surface area contributed by atoms with Crippen LogP contribution in [-0.4, -0.2) is 56.1 Å². The third-order valence-electron chi connectivity index (χ3n) is 3.60. The van der Waals surface area contributed by atoms with E-state index in [-0.39, 0.29) is 13.2 Å². The molecule has 8 heteroatoms. The molecule has 0 bridgehead atoms. The molecule has 2 rings (SSSR count). The summed E-state index contributed by atoms with van der Waals surface area (Å²) in [6.07, 6.45) is 3.78. The first-order valence-electron chi connectivity index (χ1n) is 6.58. The zero-order valence-corrected chi connectivity index (χ0v) is 11.6. The van der Waals surface area contributed by atoms with Crippen molar-refractivity contribution in [2.75, 3.05) is 26.3 Å². The van der Waals surface area contributed by atoms with Gasteiger partial charge in [0.05, 0.1) is 25.2 Å². The third kappa shape index (κ3) is 3.65. The molecule has 0 aliphatic carbocycles. The fourth-order valence-electron chi connectivity index (χ4n) is 2.46. The maximum absolute atomic E-state index is 12.2. The fraction of sp³-hybridized carbons (Fsp3) is 0.909. The van der Waals surface area contributed by atoms with E-state index in [9.17, 15) is 13.2 Å². The molecular formula is C11H20N2O5S. The maximum Gasteiger partial charge on any atom is 0.310 e. The Balaban J connectivity index is 2.01. The van der Waals surface area contributed by atoms with Crippen LogP contribution in [0.4, 0.5) is 0 Å². The molecule has 2 aliphatic rings. The van der Waals surface area contributed by atoms with Crippen molar-refractivity contribution in [1.29, 1.82) is 0 Å². The summed E-state index contributed by atoms with van der Waals surface area (Å²) >= 11 is 0. The lowest BCUT2D eigenvalue weighted by Gasteiger charge is -2.23. The molecule has 0 saturated carbocycles. The first-order valence-corrected chi connectivity index (χ1v) is 8.02. The van der Waals surface area contributed by atoms with E-state index in [2.05, 4.69) is 4.72 Å². The molecular weight excluding hydrogens is 272 g/mol. The van der Waals surface area contributed by atoms with Gasteiger partial charge in [-0.3, -0.25) is 4.79 Å². The summed E-state index contributed by atoms with van der Waals surface area (Å²) < 4.78 is 33.4. The normalized spacial score (nSPS) is 30.1. The second-order valence-corrected chi connectivity index (χ2v) is 6.73. The van der Waals surface area contributed by atoms with Crippen LogP contribution in [0, 0.1) is 5.92 Å². The van der Waals surface area contributed by atoms with Gasteiger partial charge in [0.15, 0.2) is 0 Å². The number of carboxylic acids is 1. The summed E-state index contributed by atoms with van der Waals surface area (Å²) in [5, 5.41) is 9.01. The van der Waals surface area contributed by atoms with E-state index in [1.165, 1.54) is 4.31 Å². The van der Waals surface area contributed by atoms with Crippen molar-refractivity contribution in [3.05, 3.63) is 0 Å². The number of carboxylic acid groups (broad SMARTS) is 1. The van der Waals surface area contributed by atoms with Crippen LogP contribution < -0.4 is 4.72 Å². The standard InChI is InChI=1S/C11H20N2O5S/c14-11(15)9-7-18-8-10(9)12-19(16,17)13-5-3-1-2-4-6-13/h9-10,12H,1-8H2,(H,14,15). The van der Waals surface area contributed by atoms with E-state index in [1.54, 1.807) is 0 Å². The van der Waals surface area contributed by atoms with Crippen LogP contribution in [0.3, 0.4) is 0 Å². The predicted molar refractivity (Wildman–Crippen MR) is 67.8 cm³/mol. The van der Waals surface area contributed by atoms with Gasteiger partial charge in [0.2, 0.25) is 0 Å². The molecule has 2 N–H and O–H groups in total. The molecule has 0 radical (unpaired) electrons. The minimum absolute atomic E-state index is 0.0581. The topological polar surface area (TPSA) is 95.9 Å². The largest absolute Gasteiger partial charge is 0.481 e. The lowest BCUT2D eigenvalue weighted by molar-refractivity contribution is -0.142. The first kappa shape index (κ1) is 14.7. The van der Waals surface area contributed by atoms with Gasteiger partial charge in [-0.2, -0.15) is 17.4 Å². The maximum atomic E-state index is 12.2. The monoisotopic (exact) mass is 292 g/mol. The summed E-state index contributed by atoms with van der Waals surface area (Å²) in [6, 6.07) is -0.675. The van der Waals surface area contributed by atoms with Crippen molar-refractivity contribution in [3.8, 4) is 0 Å². The molecule has 0 aromatic heterocycles. The number of aliphatic carboxylic acids is 1. The SMILES string of the molecule is O=C(O)C1COCC1NS(=O)(=O)N1CCCCCC1. The summed E-state index contributed by atoms with van der Waals surface area (Å²) in [6.45, 7) is 1.17. The Labute approximate surface area is 113 Å². The van der Waals surface area contributed by atoms with Crippen molar-refractivity contribution in [2.45, 2.75) is 31.7 Å². The quantitative estimate of drug-likeness (QED) is 0.748. The van der Waals surface area contributed by atoms with Gasteiger partial charge >= 0.3 is 5.97 Å². The number of ether oxygens (including phenoxy) is 1. The Bertz CT molecular complexity index is 417. The Hall–Kier alpha value is -0.700. The molecule has 2 unspecified atom stereocenters. The lowest BCUT2D eigenvalue weighted by Crippen LogP contribution is -2.49. The van der Waals surface area contributed by atoms with E-state index >= 15 is 0 Å². The molecule has 0 aromatic rings. The zero-order valence-electron chi connectivity index (χ0n) is 10.7. The number of nitrogens with zero attached hydrogens (tertiary/aromatic N) is 1. The third-order valence-corrected chi connectivity index (χ3v) is 5.25. The molecule has 0 amide bonds. The van der Waals surface area contributed by atoms with E-state index in [0.717, 1.165) is 25.7 Å². The number of hydrogen-bond donors (Lipinski definition) is 2. The second kappa shape index (κ2) is 6.17. The van der Waals surface area contributed by atoms with Crippen LogP contribution in [0.5, 0.6) is 0 Å². The van der Waals surface area contributed by atoms with E-state index in [1.807, 2.05) is 0 Å². The van der Waals surface area contributed by atoms with Gasteiger partial charge in [0.1, 0.15) is 0 Å². The molecule has 0 aromatic carbocycles. The highest BCUT2D eigenvalue weighted by Gasteiger charge is 2.38. The van der Waals surface area contributed by atoms with Gasteiger partial charge in [0, 0.05) is 13.1 Å². The molecule has 19 heavy (non-hydrogen) atoms. The molecule has 2 atom stereocenters. The fourth-order valence-corrected chi connectivity index (χ4v) is 3.96. The predicted octanol–water partition coefficient (Wildman–Crippen LogP) is -0.204. The summed E-state index contributed by atoms with van der Waals surface area (Å²) in [5.41, 5.74) is 0. The van der Waals surface area contributed by atoms with Gasteiger partial charge in [-0.15, -0.1) is 0 Å². The van der Waals surface area contributed by atoms with Gasteiger partial charge < -0.3 is 9.84 Å². The van der Waals surface area contributed by atoms with Gasteiger partial charge in [-0.25, -0.2) is 0 Å². The molecule has 2 saturated heterocycles. The van der Waals surface area contributed by atoms with Crippen molar-refractivity contribution in [1.82, 2.24) is 9.03 Å². The summed E-state index contributed by atoms with van der Waals surface area (Å²) in [7, 11) is -3.62. The highest BCUT2D eigenvalue weighted by atomic mass is 32.2. The molecule has 2 fully saturated rings. The van der Waals surface area contributed by atoms with Crippen LogP contribution in [0.1, 0.15) is 25.7 Å². The first-order chi connectivity index (χ1) is 9.00. The van der Waals surface area contributed by atoms with Crippen LogP contribution in [0.15, 0.2) is 0 Å². The minimum Gasteiger partial charge on any atom is -0.481 e. The average molecular weight is 292 g/mol. The van der Waals surface area contributed by atoms with Crippen LogP contribution in [0.2, 0.25) is 0 Å². The van der Waals surface area contributed by atoms with Crippen LogP contribution in [-0.2, 0) is 19.7 Å². The number of carbonyl (C=O) groups is 1. The molecule has 2 aliphatic heterocycles. The number of rotatable bonds is 4. The van der Waals surface area contributed by atoms with E-state index < -0.39 is 28.1 Å². The second-order valence-electron chi connectivity index (χ2n) is 5.02. The lowest BCUT2D eigenvalue weighted by atomic mass is 10.1. The van der Waals surface area contributed by atoms with Gasteiger partial charge in [0.25, 0.3) is 10.2 Å². The van der Waals surface area contributed by atoms with Crippen molar-refractivity contribution >= 4 is 16.2 Å². The van der Waals surface area contributed by atoms with Crippen molar-refractivity contribution < 1.29 is 23.1 Å². The average Bonchev–Trinajstić information content (AvgIpc) is 2.63. The minimum atomic E-state index is -3.62. The Morgan fingerprint density at radius 3 is 2.37 bits per heavy atom. The Morgan fingerprint density at radius 2 is 1.79 bits per heavy atom. The van der Waals surface area contributed by atoms with Crippen LogP contribution in [0.25, 0.3) is 0 Å². The Morgan fingerprint density at radius 1 is 1.16 bits per heavy atom. The van der Waals surface area contributed by atoms with Crippen molar-refractivity contribution in [2.24, 2.45) is 5.92 Å². The summed E-state index contributed by atoms with van der Waals surface area (Å²) in [5.74, 6) is -1.83. The zero-order chi connectivity index (χ0) is 13.9. The van der Waals surface area contributed by atoms with Gasteiger partial charge in [-0.05, 0) is 12.8 Å². The summed E-state index contributed by atoms with van der Waals surface area (Å²) in [4.78, 5) is 11.0.